The molecule has 6 heteroatoms. The van der Waals surface area contributed by atoms with E-state index < -0.39 is 9.05 Å². The summed E-state index contributed by atoms with van der Waals surface area (Å²) in [4.78, 5) is 14.5. The van der Waals surface area contributed by atoms with E-state index in [1.54, 1.807) is 13.0 Å². The quantitative estimate of drug-likeness (QED) is 0.783. The fourth-order valence-electron chi connectivity index (χ4n) is 2.66. The summed E-state index contributed by atoms with van der Waals surface area (Å²) in [6.07, 6.45) is 3.17. The van der Waals surface area contributed by atoms with Crippen molar-refractivity contribution in [2.75, 3.05) is 13.1 Å². The average Bonchev–Trinajstić information content (AvgIpc) is 2.61. The SMILES string of the molecule is Cc1cc(S(=O)(=O)Cl)ccc1C(=O)N1CCCC(C)CC1. The van der Waals surface area contributed by atoms with Crippen LogP contribution in [0.1, 0.15) is 42.1 Å². The molecular formula is C15H20ClNO3S. The van der Waals surface area contributed by atoms with Crippen LogP contribution in [0.25, 0.3) is 0 Å². The zero-order valence-electron chi connectivity index (χ0n) is 12.3. The van der Waals surface area contributed by atoms with Gasteiger partial charge in [-0.2, -0.15) is 0 Å². The van der Waals surface area contributed by atoms with Gasteiger partial charge < -0.3 is 4.90 Å². The van der Waals surface area contributed by atoms with E-state index in [1.807, 2.05) is 4.90 Å². The van der Waals surface area contributed by atoms with Crippen LogP contribution in [-0.2, 0) is 9.05 Å². The molecule has 1 aromatic rings. The van der Waals surface area contributed by atoms with E-state index in [1.165, 1.54) is 12.1 Å². The molecule has 2 rings (SSSR count). The minimum atomic E-state index is -3.76. The number of carbonyl (C=O) groups excluding carboxylic acids is 1. The molecule has 0 bridgehead atoms. The van der Waals surface area contributed by atoms with E-state index in [2.05, 4.69) is 6.92 Å². The van der Waals surface area contributed by atoms with Gasteiger partial charge in [0.25, 0.3) is 15.0 Å². The van der Waals surface area contributed by atoms with Crippen molar-refractivity contribution in [3.8, 4) is 0 Å². The third-order valence-corrected chi connectivity index (χ3v) is 5.37. The molecule has 0 aromatic heterocycles. The minimum Gasteiger partial charge on any atom is -0.339 e. The van der Waals surface area contributed by atoms with Crippen LogP contribution in [0.4, 0.5) is 0 Å². The topological polar surface area (TPSA) is 54.5 Å². The fraction of sp³-hybridized carbons (Fsp3) is 0.533. The maximum atomic E-state index is 12.6. The summed E-state index contributed by atoms with van der Waals surface area (Å²) in [5.41, 5.74) is 1.19. The van der Waals surface area contributed by atoms with Crippen molar-refractivity contribution in [3.63, 3.8) is 0 Å². The molecule has 0 aliphatic carbocycles. The van der Waals surface area contributed by atoms with Gasteiger partial charge in [0.2, 0.25) is 0 Å². The lowest BCUT2D eigenvalue weighted by molar-refractivity contribution is 0.0759. The summed E-state index contributed by atoms with van der Waals surface area (Å²) >= 11 is 0. The lowest BCUT2D eigenvalue weighted by Gasteiger charge is -2.21. The zero-order valence-corrected chi connectivity index (χ0v) is 13.9. The third kappa shape index (κ3) is 3.98. The lowest BCUT2D eigenvalue weighted by Crippen LogP contribution is -2.32. The van der Waals surface area contributed by atoms with Gasteiger partial charge in [-0.3, -0.25) is 4.79 Å². The normalized spacial score (nSPS) is 20.1. The van der Waals surface area contributed by atoms with Crippen molar-refractivity contribution in [2.24, 2.45) is 5.92 Å². The first-order valence-electron chi connectivity index (χ1n) is 7.13. The Morgan fingerprint density at radius 1 is 1.29 bits per heavy atom. The number of hydrogen-bond acceptors (Lipinski definition) is 3. The molecule has 0 radical (unpaired) electrons. The van der Waals surface area contributed by atoms with Crippen LogP contribution in [0.15, 0.2) is 23.1 Å². The maximum Gasteiger partial charge on any atom is 0.261 e. The molecule has 1 unspecified atom stereocenters. The molecule has 0 saturated carbocycles. The molecule has 1 heterocycles. The Labute approximate surface area is 130 Å². The van der Waals surface area contributed by atoms with E-state index in [-0.39, 0.29) is 10.8 Å². The Hall–Kier alpha value is -1.07. The second kappa shape index (κ2) is 6.36. The second-order valence-corrected chi connectivity index (χ2v) is 8.31. The molecule has 0 N–H and O–H groups in total. The number of aryl methyl sites for hydroxylation is 1. The Balaban J connectivity index is 2.23. The van der Waals surface area contributed by atoms with Crippen LogP contribution in [0, 0.1) is 12.8 Å². The Morgan fingerprint density at radius 2 is 2.00 bits per heavy atom. The number of benzene rings is 1. The molecule has 1 fully saturated rings. The fourth-order valence-corrected chi connectivity index (χ4v) is 3.50. The number of rotatable bonds is 2. The first kappa shape index (κ1) is 16.3. The molecule has 1 amide bonds. The molecule has 116 valence electrons. The zero-order chi connectivity index (χ0) is 15.6. The maximum absolute atomic E-state index is 12.6. The highest BCUT2D eigenvalue weighted by atomic mass is 35.7. The van der Waals surface area contributed by atoms with Gasteiger partial charge in [-0.05, 0) is 55.9 Å². The Morgan fingerprint density at radius 3 is 2.62 bits per heavy atom. The van der Waals surface area contributed by atoms with Gasteiger partial charge in [0.05, 0.1) is 4.90 Å². The molecule has 1 atom stereocenters. The molecule has 1 aliphatic heterocycles. The van der Waals surface area contributed by atoms with Gasteiger partial charge in [-0.15, -0.1) is 0 Å². The summed E-state index contributed by atoms with van der Waals surface area (Å²) in [5.74, 6) is 0.618. The highest BCUT2D eigenvalue weighted by Crippen LogP contribution is 2.22. The minimum absolute atomic E-state index is 0.0277. The van der Waals surface area contributed by atoms with Crippen LogP contribution in [0.5, 0.6) is 0 Å². The largest absolute Gasteiger partial charge is 0.339 e. The van der Waals surface area contributed by atoms with Crippen LogP contribution in [0.3, 0.4) is 0 Å². The summed E-state index contributed by atoms with van der Waals surface area (Å²) < 4.78 is 22.6. The highest BCUT2D eigenvalue weighted by Gasteiger charge is 2.22. The van der Waals surface area contributed by atoms with Crippen molar-refractivity contribution in [2.45, 2.75) is 38.0 Å². The van der Waals surface area contributed by atoms with Crippen LogP contribution < -0.4 is 0 Å². The van der Waals surface area contributed by atoms with Gasteiger partial charge >= 0.3 is 0 Å². The van der Waals surface area contributed by atoms with Crippen molar-refractivity contribution < 1.29 is 13.2 Å². The van der Waals surface area contributed by atoms with Crippen LogP contribution >= 0.6 is 10.7 Å². The number of likely N-dealkylation sites (tertiary alicyclic amines) is 1. The molecule has 4 nitrogen and oxygen atoms in total. The van der Waals surface area contributed by atoms with Crippen molar-refractivity contribution in [1.82, 2.24) is 4.90 Å². The number of halogens is 1. The van der Waals surface area contributed by atoms with E-state index >= 15 is 0 Å². The molecule has 1 aromatic carbocycles. The van der Waals surface area contributed by atoms with E-state index in [4.69, 9.17) is 10.7 Å². The third-order valence-electron chi connectivity index (χ3n) is 4.01. The lowest BCUT2D eigenvalue weighted by atomic mass is 10.0. The van der Waals surface area contributed by atoms with E-state index in [9.17, 15) is 13.2 Å². The van der Waals surface area contributed by atoms with Gasteiger partial charge in [-0.1, -0.05) is 6.92 Å². The predicted octanol–water partition coefficient (Wildman–Crippen LogP) is 3.18. The van der Waals surface area contributed by atoms with Crippen molar-refractivity contribution >= 4 is 25.6 Å². The number of hydrogen-bond donors (Lipinski definition) is 0. The predicted molar refractivity (Wildman–Crippen MR) is 83.1 cm³/mol. The van der Waals surface area contributed by atoms with Gasteiger partial charge in [0.15, 0.2) is 0 Å². The number of carbonyl (C=O) groups is 1. The molecule has 0 spiro atoms. The molecule has 21 heavy (non-hydrogen) atoms. The molecular weight excluding hydrogens is 310 g/mol. The first-order valence-corrected chi connectivity index (χ1v) is 9.44. The van der Waals surface area contributed by atoms with Gasteiger partial charge in [-0.25, -0.2) is 8.42 Å². The summed E-state index contributed by atoms with van der Waals surface area (Å²) in [7, 11) is 1.57. The number of amides is 1. The molecule has 1 saturated heterocycles. The number of nitrogens with zero attached hydrogens (tertiary/aromatic N) is 1. The smallest absolute Gasteiger partial charge is 0.261 e. The second-order valence-electron chi connectivity index (χ2n) is 5.74. The van der Waals surface area contributed by atoms with Crippen molar-refractivity contribution in [3.05, 3.63) is 29.3 Å². The summed E-state index contributed by atoms with van der Waals surface area (Å²) in [5, 5.41) is 0. The standard InChI is InChI=1S/C15H20ClNO3S/c1-11-4-3-8-17(9-7-11)15(18)14-6-5-13(10-12(14)2)21(16,19)20/h5-6,10-11H,3-4,7-9H2,1-2H3. The van der Waals surface area contributed by atoms with Gasteiger partial charge in [0, 0.05) is 29.3 Å². The Bertz CT molecular complexity index is 642. The Kier molecular flexibility index (Phi) is 4.94. The summed E-state index contributed by atoms with van der Waals surface area (Å²) in [6, 6.07) is 4.40. The monoisotopic (exact) mass is 329 g/mol. The summed E-state index contributed by atoms with van der Waals surface area (Å²) in [6.45, 7) is 5.46. The van der Waals surface area contributed by atoms with Gasteiger partial charge in [0.1, 0.15) is 0 Å². The highest BCUT2D eigenvalue weighted by molar-refractivity contribution is 8.13. The van der Waals surface area contributed by atoms with E-state index in [0.29, 0.717) is 17.0 Å². The van der Waals surface area contributed by atoms with Crippen LogP contribution in [-0.4, -0.2) is 32.3 Å². The van der Waals surface area contributed by atoms with Crippen molar-refractivity contribution in [1.29, 1.82) is 0 Å². The average molecular weight is 330 g/mol. The first-order chi connectivity index (χ1) is 9.79. The molecule has 1 aliphatic rings. The van der Waals surface area contributed by atoms with E-state index in [0.717, 1.165) is 32.4 Å². The van der Waals surface area contributed by atoms with Crippen LogP contribution in [0.2, 0.25) is 0 Å².